The Kier molecular flexibility index (Phi) is 6.56. The van der Waals surface area contributed by atoms with Gasteiger partial charge in [0.25, 0.3) is 0 Å². The average Bonchev–Trinajstić information content (AvgIpc) is 2.12. The molecule has 72 valence electrons. The summed E-state index contributed by atoms with van der Waals surface area (Å²) in [5, 5.41) is 11.4. The molecule has 0 saturated heterocycles. The van der Waals surface area contributed by atoms with E-state index in [1.807, 2.05) is 6.07 Å². The average molecular weight is 182 g/mol. The lowest BCUT2D eigenvalue weighted by Gasteiger charge is -2.08. The first-order chi connectivity index (χ1) is 6.24. The van der Waals surface area contributed by atoms with Crippen molar-refractivity contribution in [3.63, 3.8) is 0 Å². The molecule has 0 spiro atoms. The molecule has 0 aromatic heterocycles. The van der Waals surface area contributed by atoms with E-state index in [9.17, 15) is 4.79 Å². The summed E-state index contributed by atoms with van der Waals surface area (Å²) in [7, 11) is 0. The Bertz CT molecular complexity index is 208. The van der Waals surface area contributed by atoms with Crippen LogP contribution in [0.15, 0.2) is 12.7 Å². The van der Waals surface area contributed by atoms with E-state index < -0.39 is 6.04 Å². The van der Waals surface area contributed by atoms with Crippen LogP contribution in [0, 0.1) is 11.3 Å². The molecule has 4 heteroatoms. The van der Waals surface area contributed by atoms with E-state index in [-0.39, 0.29) is 12.4 Å². The first-order valence-electron chi connectivity index (χ1n) is 4.14. The first-order valence-corrected chi connectivity index (χ1v) is 4.14. The van der Waals surface area contributed by atoms with Crippen molar-refractivity contribution in [3.05, 3.63) is 12.7 Å². The molecule has 0 rings (SSSR count). The van der Waals surface area contributed by atoms with Crippen LogP contribution in [0.5, 0.6) is 0 Å². The van der Waals surface area contributed by atoms with Crippen molar-refractivity contribution in [2.45, 2.75) is 19.4 Å². The number of hydrogen-bond acceptors (Lipinski definition) is 4. The van der Waals surface area contributed by atoms with Gasteiger partial charge < -0.3 is 4.74 Å². The highest BCUT2D eigenvalue weighted by Crippen LogP contribution is 1.93. The lowest BCUT2D eigenvalue weighted by atomic mass is 10.2. The molecule has 1 unspecified atom stereocenters. The van der Waals surface area contributed by atoms with Crippen molar-refractivity contribution in [1.29, 1.82) is 5.26 Å². The van der Waals surface area contributed by atoms with E-state index in [0.717, 1.165) is 0 Å². The molecular weight excluding hydrogens is 168 g/mol. The zero-order valence-electron chi connectivity index (χ0n) is 7.75. The van der Waals surface area contributed by atoms with Gasteiger partial charge in [0.15, 0.2) is 0 Å². The number of carbonyl (C=O) groups is 1. The number of rotatable bonds is 6. The summed E-state index contributed by atoms with van der Waals surface area (Å²) in [5.41, 5.74) is 0. The fourth-order valence-corrected chi connectivity index (χ4v) is 0.776. The van der Waals surface area contributed by atoms with Crippen molar-refractivity contribution in [3.8, 4) is 6.07 Å². The molecule has 4 nitrogen and oxygen atoms in total. The molecule has 0 bridgehead atoms. The maximum atomic E-state index is 10.9. The molecule has 0 heterocycles. The molecule has 0 fully saturated rings. The minimum absolute atomic E-state index is 0.0815. The number of esters is 1. The van der Waals surface area contributed by atoms with Gasteiger partial charge in [-0.1, -0.05) is 6.08 Å². The molecule has 1 N–H and O–H groups in total. The summed E-state index contributed by atoms with van der Waals surface area (Å²) in [5.74, 6) is -0.356. The molecule has 0 aliphatic heterocycles. The maximum Gasteiger partial charge on any atom is 0.308 e. The molecular formula is C9H14N2O2. The van der Waals surface area contributed by atoms with Gasteiger partial charge in [-0.3, -0.25) is 10.1 Å². The number of nitriles is 1. The molecule has 0 aromatic carbocycles. The molecule has 0 aliphatic rings. The smallest absolute Gasteiger partial charge is 0.308 e. The number of hydrogen-bond donors (Lipinski definition) is 1. The summed E-state index contributed by atoms with van der Waals surface area (Å²) in [6, 6.07) is 1.48. The molecule has 0 aliphatic carbocycles. The van der Waals surface area contributed by atoms with E-state index in [2.05, 4.69) is 11.9 Å². The van der Waals surface area contributed by atoms with Crippen LogP contribution in [0.4, 0.5) is 0 Å². The van der Waals surface area contributed by atoms with Gasteiger partial charge in [0, 0.05) is 6.54 Å². The minimum Gasteiger partial charge on any atom is -0.466 e. The van der Waals surface area contributed by atoms with Gasteiger partial charge in [-0.15, -0.1) is 6.58 Å². The summed E-state index contributed by atoms with van der Waals surface area (Å²) in [4.78, 5) is 10.9. The van der Waals surface area contributed by atoms with Crippen LogP contribution in [-0.2, 0) is 9.53 Å². The zero-order valence-corrected chi connectivity index (χ0v) is 7.75. The van der Waals surface area contributed by atoms with Crippen LogP contribution in [-0.4, -0.2) is 25.2 Å². The fourth-order valence-electron chi connectivity index (χ4n) is 0.776. The number of ether oxygens (including phenoxy) is 1. The summed E-state index contributed by atoms with van der Waals surface area (Å²) < 4.78 is 4.70. The van der Waals surface area contributed by atoms with Crippen LogP contribution < -0.4 is 5.32 Å². The van der Waals surface area contributed by atoms with E-state index in [1.54, 1.807) is 13.0 Å². The fraction of sp³-hybridized carbons (Fsp3) is 0.556. The molecule has 0 amide bonds. The molecule has 1 atom stereocenters. The summed E-state index contributed by atoms with van der Waals surface area (Å²) in [6.07, 6.45) is 1.72. The van der Waals surface area contributed by atoms with Crippen molar-refractivity contribution >= 4 is 5.97 Å². The predicted octanol–water partition coefficient (Wildman–Crippen LogP) is 0.607. The largest absolute Gasteiger partial charge is 0.466 e. The van der Waals surface area contributed by atoms with E-state index in [1.165, 1.54) is 0 Å². The van der Waals surface area contributed by atoms with Gasteiger partial charge in [-0.25, -0.2) is 0 Å². The SMILES string of the molecule is C=CCNC(C#N)CC(=O)OCC. The van der Waals surface area contributed by atoms with Gasteiger partial charge in [0.05, 0.1) is 19.1 Å². The van der Waals surface area contributed by atoms with Crippen LogP contribution in [0.25, 0.3) is 0 Å². The lowest BCUT2D eigenvalue weighted by Crippen LogP contribution is -2.30. The Hall–Kier alpha value is -1.34. The highest BCUT2D eigenvalue weighted by molar-refractivity contribution is 5.70. The van der Waals surface area contributed by atoms with E-state index in [0.29, 0.717) is 13.2 Å². The number of nitrogens with one attached hydrogen (secondary N) is 1. The minimum atomic E-state index is -0.489. The summed E-state index contributed by atoms with van der Waals surface area (Å²) >= 11 is 0. The predicted molar refractivity (Wildman–Crippen MR) is 48.9 cm³/mol. The second-order valence-electron chi connectivity index (χ2n) is 2.39. The topological polar surface area (TPSA) is 62.1 Å². The third-order valence-electron chi connectivity index (χ3n) is 1.34. The van der Waals surface area contributed by atoms with Crippen LogP contribution in [0.1, 0.15) is 13.3 Å². The van der Waals surface area contributed by atoms with Gasteiger partial charge in [-0.2, -0.15) is 5.26 Å². The van der Waals surface area contributed by atoms with Crippen molar-refractivity contribution < 1.29 is 9.53 Å². The second kappa shape index (κ2) is 7.32. The van der Waals surface area contributed by atoms with Gasteiger partial charge in [0.1, 0.15) is 6.04 Å². The van der Waals surface area contributed by atoms with Crippen LogP contribution in [0.2, 0.25) is 0 Å². The highest BCUT2D eigenvalue weighted by atomic mass is 16.5. The Labute approximate surface area is 78.2 Å². The maximum absolute atomic E-state index is 10.9. The van der Waals surface area contributed by atoms with E-state index in [4.69, 9.17) is 10.00 Å². The Morgan fingerprint density at radius 3 is 3.00 bits per heavy atom. The third-order valence-corrected chi connectivity index (χ3v) is 1.34. The second-order valence-corrected chi connectivity index (χ2v) is 2.39. The first kappa shape index (κ1) is 11.7. The quantitative estimate of drug-likeness (QED) is 0.483. The molecule has 0 saturated carbocycles. The molecule has 13 heavy (non-hydrogen) atoms. The Morgan fingerprint density at radius 1 is 1.85 bits per heavy atom. The lowest BCUT2D eigenvalue weighted by molar-refractivity contribution is -0.143. The van der Waals surface area contributed by atoms with Crippen molar-refractivity contribution in [1.82, 2.24) is 5.32 Å². The van der Waals surface area contributed by atoms with Crippen LogP contribution >= 0.6 is 0 Å². The van der Waals surface area contributed by atoms with E-state index >= 15 is 0 Å². The standard InChI is InChI=1S/C9H14N2O2/c1-3-5-11-8(7-10)6-9(12)13-4-2/h3,8,11H,1,4-6H2,2H3. The highest BCUT2D eigenvalue weighted by Gasteiger charge is 2.11. The Balaban J connectivity index is 3.77. The molecule has 0 aromatic rings. The monoisotopic (exact) mass is 182 g/mol. The normalized spacial score (nSPS) is 11.4. The van der Waals surface area contributed by atoms with Gasteiger partial charge >= 0.3 is 5.97 Å². The van der Waals surface area contributed by atoms with Gasteiger partial charge in [0.2, 0.25) is 0 Å². The molecule has 0 radical (unpaired) electrons. The van der Waals surface area contributed by atoms with Crippen molar-refractivity contribution in [2.75, 3.05) is 13.2 Å². The number of carbonyl (C=O) groups excluding carboxylic acids is 1. The van der Waals surface area contributed by atoms with Gasteiger partial charge in [-0.05, 0) is 6.92 Å². The Morgan fingerprint density at radius 2 is 2.54 bits per heavy atom. The zero-order chi connectivity index (χ0) is 10.1. The van der Waals surface area contributed by atoms with Crippen molar-refractivity contribution in [2.24, 2.45) is 0 Å². The number of nitrogens with zero attached hydrogens (tertiary/aromatic N) is 1. The summed E-state index contributed by atoms with van der Waals surface area (Å²) in [6.45, 7) is 6.08. The van der Waals surface area contributed by atoms with Crippen LogP contribution in [0.3, 0.4) is 0 Å². The third kappa shape index (κ3) is 5.88.